The molecule has 26 heavy (non-hydrogen) atoms. The monoisotopic (exact) mass is 383 g/mol. The van der Waals surface area contributed by atoms with Gasteiger partial charge in [0.2, 0.25) is 0 Å². The maximum absolute atomic E-state index is 5.19. The summed E-state index contributed by atoms with van der Waals surface area (Å²) in [6.45, 7) is 0. The third-order valence-electron chi connectivity index (χ3n) is 3.76. The summed E-state index contributed by atoms with van der Waals surface area (Å²) in [6.07, 6.45) is 0. The van der Waals surface area contributed by atoms with E-state index in [4.69, 9.17) is 14.5 Å². The first kappa shape index (κ1) is 18.7. The Morgan fingerprint density at radius 3 is 1.46 bits per heavy atom. The Bertz CT molecular complexity index is 753. The molecule has 3 rings (SSSR count). The van der Waals surface area contributed by atoms with Gasteiger partial charge in [-0.2, -0.15) is 0 Å². The molecule has 0 unspecified atom stereocenters. The van der Waals surface area contributed by atoms with Gasteiger partial charge in [-0.05, 0) is 60.7 Å². The molecule has 0 spiro atoms. The van der Waals surface area contributed by atoms with E-state index in [0.717, 1.165) is 34.4 Å². The zero-order valence-electron chi connectivity index (χ0n) is 14.8. The van der Waals surface area contributed by atoms with Crippen LogP contribution in [-0.4, -0.2) is 19.2 Å². The number of rotatable bonds is 8. The molecule has 0 fully saturated rings. The molecule has 0 aliphatic rings. The van der Waals surface area contributed by atoms with Crippen molar-refractivity contribution < 1.29 is 9.47 Å². The molecule has 0 saturated carbocycles. The van der Waals surface area contributed by atoms with Crippen molar-refractivity contribution in [2.75, 3.05) is 14.2 Å². The first-order valence-corrected chi connectivity index (χ1v) is 10.2. The average molecular weight is 384 g/mol. The smallest absolute Gasteiger partial charge is 0.118 e. The van der Waals surface area contributed by atoms with E-state index in [1.165, 1.54) is 9.79 Å². The predicted octanol–water partition coefficient (Wildman–Crippen LogP) is 5.68. The normalized spacial score (nSPS) is 10.5. The highest BCUT2D eigenvalue weighted by atomic mass is 32.2. The number of aromatic nitrogens is 1. The van der Waals surface area contributed by atoms with E-state index in [-0.39, 0.29) is 0 Å². The number of benzene rings is 2. The van der Waals surface area contributed by atoms with E-state index in [1.54, 1.807) is 37.7 Å². The molecule has 0 amide bonds. The number of methoxy groups -OCH3 is 2. The molecule has 3 nitrogen and oxygen atoms in total. The molecule has 0 aliphatic heterocycles. The molecule has 3 aromatic rings. The Morgan fingerprint density at radius 2 is 1.08 bits per heavy atom. The minimum Gasteiger partial charge on any atom is -0.497 e. The highest BCUT2D eigenvalue weighted by Gasteiger charge is 2.02. The number of thioether (sulfide) groups is 2. The van der Waals surface area contributed by atoms with Crippen LogP contribution in [0.3, 0.4) is 0 Å². The van der Waals surface area contributed by atoms with Crippen LogP contribution in [0.15, 0.2) is 76.5 Å². The first-order valence-electron chi connectivity index (χ1n) is 8.25. The van der Waals surface area contributed by atoms with Crippen LogP contribution in [0.5, 0.6) is 11.5 Å². The largest absolute Gasteiger partial charge is 0.497 e. The van der Waals surface area contributed by atoms with Gasteiger partial charge in [0.05, 0.1) is 25.6 Å². The molecule has 0 N–H and O–H groups in total. The standard InChI is InChI=1S/C21H21NO2S2/c1-23-18-6-10-20(11-7-18)25-14-16-4-3-5-17(22-16)15-26-21-12-8-19(24-2)9-13-21/h3-13H,14-15H2,1-2H3. The van der Waals surface area contributed by atoms with Crippen LogP contribution in [0.4, 0.5) is 0 Å². The van der Waals surface area contributed by atoms with Crippen LogP contribution in [0.2, 0.25) is 0 Å². The maximum Gasteiger partial charge on any atom is 0.118 e. The summed E-state index contributed by atoms with van der Waals surface area (Å²) in [5.41, 5.74) is 2.19. The number of hydrogen-bond acceptors (Lipinski definition) is 5. The summed E-state index contributed by atoms with van der Waals surface area (Å²) >= 11 is 3.56. The van der Waals surface area contributed by atoms with E-state index in [9.17, 15) is 0 Å². The van der Waals surface area contributed by atoms with Crippen molar-refractivity contribution in [3.8, 4) is 11.5 Å². The fourth-order valence-corrected chi connectivity index (χ4v) is 3.96. The Morgan fingerprint density at radius 1 is 0.654 bits per heavy atom. The Kier molecular flexibility index (Phi) is 6.86. The summed E-state index contributed by atoms with van der Waals surface area (Å²) in [5.74, 6) is 3.47. The van der Waals surface area contributed by atoms with Crippen molar-refractivity contribution in [1.82, 2.24) is 4.98 Å². The quantitative estimate of drug-likeness (QED) is 0.467. The highest BCUT2D eigenvalue weighted by Crippen LogP contribution is 2.26. The highest BCUT2D eigenvalue weighted by molar-refractivity contribution is 7.98. The average Bonchev–Trinajstić information content (AvgIpc) is 2.72. The second-order valence-electron chi connectivity index (χ2n) is 5.55. The van der Waals surface area contributed by atoms with Crippen molar-refractivity contribution in [2.24, 2.45) is 0 Å². The van der Waals surface area contributed by atoms with Gasteiger partial charge < -0.3 is 9.47 Å². The van der Waals surface area contributed by atoms with E-state index in [1.807, 2.05) is 24.3 Å². The molecular weight excluding hydrogens is 362 g/mol. The van der Waals surface area contributed by atoms with Crippen molar-refractivity contribution in [1.29, 1.82) is 0 Å². The lowest BCUT2D eigenvalue weighted by Gasteiger charge is -2.06. The Balaban J connectivity index is 1.55. The van der Waals surface area contributed by atoms with E-state index < -0.39 is 0 Å². The zero-order chi connectivity index (χ0) is 18.2. The molecular formula is C21H21NO2S2. The number of nitrogens with zero attached hydrogens (tertiary/aromatic N) is 1. The number of pyridine rings is 1. The van der Waals surface area contributed by atoms with Gasteiger partial charge in [-0.25, -0.2) is 0 Å². The van der Waals surface area contributed by atoms with E-state index in [0.29, 0.717) is 0 Å². The number of ether oxygens (including phenoxy) is 2. The lowest BCUT2D eigenvalue weighted by molar-refractivity contribution is 0.414. The van der Waals surface area contributed by atoms with Crippen molar-refractivity contribution in [3.63, 3.8) is 0 Å². The topological polar surface area (TPSA) is 31.4 Å². The SMILES string of the molecule is COc1ccc(SCc2cccc(CSc3ccc(OC)cc3)n2)cc1. The predicted molar refractivity (Wildman–Crippen MR) is 109 cm³/mol. The molecule has 0 atom stereocenters. The van der Waals surface area contributed by atoms with Crippen LogP contribution >= 0.6 is 23.5 Å². The summed E-state index contributed by atoms with van der Waals surface area (Å²) in [6, 6.07) is 22.5. The van der Waals surface area contributed by atoms with Gasteiger partial charge in [0, 0.05) is 21.3 Å². The Hall–Kier alpha value is -2.11. The third-order valence-corrected chi connectivity index (χ3v) is 5.85. The molecule has 0 aliphatic carbocycles. The van der Waals surface area contributed by atoms with Crippen LogP contribution in [0.1, 0.15) is 11.4 Å². The Labute approximate surface area is 163 Å². The van der Waals surface area contributed by atoms with Gasteiger partial charge in [0.15, 0.2) is 0 Å². The molecule has 2 aromatic carbocycles. The summed E-state index contributed by atoms with van der Waals surface area (Å²) in [5, 5.41) is 0. The third kappa shape index (κ3) is 5.44. The van der Waals surface area contributed by atoms with Crippen molar-refractivity contribution in [2.45, 2.75) is 21.3 Å². The molecule has 1 aromatic heterocycles. The lowest BCUT2D eigenvalue weighted by atomic mass is 10.3. The van der Waals surface area contributed by atoms with Crippen LogP contribution in [0, 0.1) is 0 Å². The van der Waals surface area contributed by atoms with Gasteiger partial charge in [0.1, 0.15) is 11.5 Å². The second-order valence-corrected chi connectivity index (χ2v) is 7.65. The second kappa shape index (κ2) is 9.55. The summed E-state index contributed by atoms with van der Waals surface area (Å²) < 4.78 is 10.4. The van der Waals surface area contributed by atoms with E-state index >= 15 is 0 Å². The van der Waals surface area contributed by atoms with Crippen LogP contribution in [0.25, 0.3) is 0 Å². The summed E-state index contributed by atoms with van der Waals surface area (Å²) in [4.78, 5) is 7.21. The molecule has 134 valence electrons. The first-order chi connectivity index (χ1) is 12.8. The lowest BCUT2D eigenvalue weighted by Crippen LogP contribution is -1.92. The van der Waals surface area contributed by atoms with Gasteiger partial charge in [-0.15, -0.1) is 23.5 Å². The van der Waals surface area contributed by atoms with Gasteiger partial charge in [-0.3, -0.25) is 4.98 Å². The van der Waals surface area contributed by atoms with Gasteiger partial charge >= 0.3 is 0 Å². The fraction of sp³-hybridized carbons (Fsp3) is 0.190. The number of hydrogen-bond donors (Lipinski definition) is 0. The molecule has 5 heteroatoms. The molecule has 1 heterocycles. The molecule has 0 bridgehead atoms. The van der Waals surface area contributed by atoms with Crippen molar-refractivity contribution in [3.05, 3.63) is 78.1 Å². The molecule has 0 saturated heterocycles. The van der Waals surface area contributed by atoms with E-state index in [2.05, 4.69) is 42.5 Å². The van der Waals surface area contributed by atoms with Crippen LogP contribution in [-0.2, 0) is 11.5 Å². The molecule has 0 radical (unpaired) electrons. The fourth-order valence-electron chi connectivity index (χ4n) is 2.35. The minimum atomic E-state index is 0.855. The van der Waals surface area contributed by atoms with Crippen LogP contribution < -0.4 is 9.47 Å². The maximum atomic E-state index is 5.19. The van der Waals surface area contributed by atoms with Gasteiger partial charge in [-0.1, -0.05) is 6.07 Å². The van der Waals surface area contributed by atoms with Crippen molar-refractivity contribution >= 4 is 23.5 Å². The van der Waals surface area contributed by atoms with Gasteiger partial charge in [0.25, 0.3) is 0 Å². The summed E-state index contributed by atoms with van der Waals surface area (Å²) in [7, 11) is 3.36. The zero-order valence-corrected chi connectivity index (χ0v) is 16.5. The minimum absolute atomic E-state index is 0.855.